The molecule has 1 aromatic carbocycles. The van der Waals surface area contributed by atoms with Crippen LogP contribution in [-0.2, 0) is 11.2 Å². The molecular weight excluding hydrogens is 252 g/mol. The van der Waals surface area contributed by atoms with Gasteiger partial charge in [0.05, 0.1) is 12.5 Å². The summed E-state index contributed by atoms with van der Waals surface area (Å²) in [6, 6.07) is 7.65. The van der Waals surface area contributed by atoms with E-state index in [4.69, 9.17) is 9.84 Å². The summed E-state index contributed by atoms with van der Waals surface area (Å²) in [5, 5.41) is 9.10. The summed E-state index contributed by atoms with van der Waals surface area (Å²) in [6.45, 7) is 3.79. The molecule has 0 aliphatic heterocycles. The van der Waals surface area contributed by atoms with E-state index in [1.807, 2.05) is 24.3 Å². The Morgan fingerprint density at radius 1 is 1.15 bits per heavy atom. The van der Waals surface area contributed by atoms with Crippen LogP contribution in [0.2, 0.25) is 0 Å². The van der Waals surface area contributed by atoms with Gasteiger partial charge >= 0.3 is 5.97 Å². The summed E-state index contributed by atoms with van der Waals surface area (Å²) >= 11 is 0. The zero-order valence-electron chi connectivity index (χ0n) is 12.6. The molecule has 1 aromatic rings. The molecular formula is C17H26O3. The van der Waals surface area contributed by atoms with Crippen molar-refractivity contribution < 1.29 is 14.6 Å². The van der Waals surface area contributed by atoms with E-state index in [1.54, 1.807) is 6.92 Å². The number of unbranched alkanes of at least 4 members (excludes halogenated alkanes) is 4. The molecule has 0 amide bonds. The third-order valence-corrected chi connectivity index (χ3v) is 3.19. The van der Waals surface area contributed by atoms with Gasteiger partial charge in [0.1, 0.15) is 5.75 Å². The Morgan fingerprint density at radius 2 is 1.80 bits per heavy atom. The van der Waals surface area contributed by atoms with Gasteiger partial charge in [0, 0.05) is 0 Å². The fourth-order valence-electron chi connectivity index (χ4n) is 2.07. The number of esters is 1. The second-order valence-corrected chi connectivity index (χ2v) is 5.34. The maximum atomic E-state index is 11.4. The molecule has 20 heavy (non-hydrogen) atoms. The number of aryl methyl sites for hydroxylation is 1. The van der Waals surface area contributed by atoms with Crippen molar-refractivity contribution in [1.29, 1.82) is 0 Å². The van der Waals surface area contributed by atoms with Gasteiger partial charge in [-0.25, -0.2) is 0 Å². The highest BCUT2D eigenvalue weighted by Gasteiger charge is 2.08. The van der Waals surface area contributed by atoms with Crippen LogP contribution in [0.15, 0.2) is 24.3 Å². The van der Waals surface area contributed by atoms with E-state index in [1.165, 1.54) is 37.7 Å². The van der Waals surface area contributed by atoms with Crippen molar-refractivity contribution in [1.82, 2.24) is 0 Å². The molecule has 0 radical (unpaired) electrons. The SMILES string of the molecule is CCCCCCCc1ccc(OC(=O)CC(C)O)cc1. The maximum absolute atomic E-state index is 11.4. The van der Waals surface area contributed by atoms with Crippen molar-refractivity contribution in [3.8, 4) is 5.75 Å². The van der Waals surface area contributed by atoms with E-state index >= 15 is 0 Å². The molecule has 3 heteroatoms. The largest absolute Gasteiger partial charge is 0.426 e. The van der Waals surface area contributed by atoms with Gasteiger partial charge in [0.2, 0.25) is 0 Å². The number of rotatable bonds is 9. The molecule has 0 bridgehead atoms. The Morgan fingerprint density at radius 3 is 2.40 bits per heavy atom. The summed E-state index contributed by atoms with van der Waals surface area (Å²) in [7, 11) is 0. The van der Waals surface area contributed by atoms with Crippen molar-refractivity contribution in [3.63, 3.8) is 0 Å². The van der Waals surface area contributed by atoms with Gasteiger partial charge in [0.25, 0.3) is 0 Å². The molecule has 112 valence electrons. The molecule has 0 fully saturated rings. The molecule has 1 N–H and O–H groups in total. The molecule has 1 atom stereocenters. The lowest BCUT2D eigenvalue weighted by atomic mass is 10.1. The fourth-order valence-corrected chi connectivity index (χ4v) is 2.07. The highest BCUT2D eigenvalue weighted by molar-refractivity contribution is 5.72. The highest BCUT2D eigenvalue weighted by Crippen LogP contribution is 2.15. The average Bonchev–Trinajstić information content (AvgIpc) is 2.39. The molecule has 1 rings (SSSR count). The quantitative estimate of drug-likeness (QED) is 0.423. The van der Waals surface area contributed by atoms with Gasteiger partial charge in [0.15, 0.2) is 0 Å². The summed E-state index contributed by atoms with van der Waals surface area (Å²) in [6.07, 6.45) is 6.83. The molecule has 1 unspecified atom stereocenters. The molecule has 0 aliphatic rings. The average molecular weight is 278 g/mol. The van der Waals surface area contributed by atoms with Gasteiger partial charge in [-0.15, -0.1) is 0 Å². The molecule has 0 saturated carbocycles. The molecule has 0 spiro atoms. The predicted octanol–water partition coefficient (Wildman–Crippen LogP) is 3.88. The minimum Gasteiger partial charge on any atom is -0.426 e. The van der Waals surface area contributed by atoms with Crippen molar-refractivity contribution in [3.05, 3.63) is 29.8 Å². The molecule has 0 heterocycles. The number of hydrogen-bond donors (Lipinski definition) is 1. The first-order valence-electron chi connectivity index (χ1n) is 7.59. The molecule has 0 saturated heterocycles. The standard InChI is InChI=1S/C17H26O3/c1-3-4-5-6-7-8-15-9-11-16(12-10-15)20-17(19)13-14(2)18/h9-12,14,18H,3-8,13H2,1-2H3. The monoisotopic (exact) mass is 278 g/mol. The number of aliphatic hydroxyl groups excluding tert-OH is 1. The van der Waals surface area contributed by atoms with E-state index < -0.39 is 12.1 Å². The van der Waals surface area contributed by atoms with Crippen molar-refractivity contribution >= 4 is 5.97 Å². The number of carbonyl (C=O) groups excluding carboxylic acids is 1. The summed E-state index contributed by atoms with van der Waals surface area (Å²) in [5.41, 5.74) is 1.27. The Labute approximate surface area is 122 Å². The summed E-state index contributed by atoms with van der Waals surface area (Å²) < 4.78 is 5.14. The zero-order chi connectivity index (χ0) is 14.8. The Bertz CT molecular complexity index is 382. The van der Waals surface area contributed by atoms with Crippen LogP contribution in [0, 0.1) is 0 Å². The van der Waals surface area contributed by atoms with Crippen molar-refractivity contribution in [2.45, 2.75) is 64.9 Å². The van der Waals surface area contributed by atoms with Crippen LogP contribution in [-0.4, -0.2) is 17.2 Å². The minimum atomic E-state index is -0.662. The van der Waals surface area contributed by atoms with E-state index in [0.717, 1.165) is 6.42 Å². The Balaban J connectivity index is 2.31. The van der Waals surface area contributed by atoms with Gasteiger partial charge in [-0.1, -0.05) is 44.7 Å². The molecule has 0 aliphatic carbocycles. The van der Waals surface area contributed by atoms with Gasteiger partial charge < -0.3 is 9.84 Å². The van der Waals surface area contributed by atoms with Crippen molar-refractivity contribution in [2.75, 3.05) is 0 Å². The minimum absolute atomic E-state index is 0.0270. The van der Waals surface area contributed by atoms with Gasteiger partial charge in [-0.3, -0.25) is 4.79 Å². The smallest absolute Gasteiger partial charge is 0.313 e. The molecule has 3 nitrogen and oxygen atoms in total. The second-order valence-electron chi connectivity index (χ2n) is 5.34. The normalized spacial score (nSPS) is 12.2. The van der Waals surface area contributed by atoms with Crippen LogP contribution < -0.4 is 4.74 Å². The highest BCUT2D eigenvalue weighted by atomic mass is 16.5. The number of aliphatic hydroxyl groups is 1. The number of ether oxygens (including phenoxy) is 1. The van der Waals surface area contributed by atoms with Gasteiger partial charge in [-0.2, -0.15) is 0 Å². The van der Waals surface area contributed by atoms with E-state index in [-0.39, 0.29) is 6.42 Å². The lowest BCUT2D eigenvalue weighted by Gasteiger charge is -2.07. The van der Waals surface area contributed by atoms with E-state index in [9.17, 15) is 4.79 Å². The maximum Gasteiger partial charge on any atom is 0.313 e. The third-order valence-electron chi connectivity index (χ3n) is 3.19. The zero-order valence-corrected chi connectivity index (χ0v) is 12.6. The Kier molecular flexibility index (Phi) is 7.97. The van der Waals surface area contributed by atoms with Crippen LogP contribution in [0.1, 0.15) is 57.9 Å². The van der Waals surface area contributed by atoms with Crippen LogP contribution in [0.4, 0.5) is 0 Å². The van der Waals surface area contributed by atoms with Crippen LogP contribution >= 0.6 is 0 Å². The fraction of sp³-hybridized carbons (Fsp3) is 0.588. The van der Waals surface area contributed by atoms with E-state index in [2.05, 4.69) is 6.92 Å². The number of carbonyl (C=O) groups is 1. The van der Waals surface area contributed by atoms with Crippen molar-refractivity contribution in [2.24, 2.45) is 0 Å². The van der Waals surface area contributed by atoms with Gasteiger partial charge in [-0.05, 0) is 37.5 Å². The third kappa shape index (κ3) is 7.29. The van der Waals surface area contributed by atoms with Crippen LogP contribution in [0.5, 0.6) is 5.75 Å². The lowest BCUT2D eigenvalue weighted by molar-refractivity contribution is -0.136. The molecule has 0 aromatic heterocycles. The Hall–Kier alpha value is -1.35. The number of benzene rings is 1. The second kappa shape index (κ2) is 9.54. The van der Waals surface area contributed by atoms with E-state index in [0.29, 0.717) is 5.75 Å². The van der Waals surface area contributed by atoms with Crippen LogP contribution in [0.3, 0.4) is 0 Å². The first kappa shape index (κ1) is 16.7. The topological polar surface area (TPSA) is 46.5 Å². The number of hydrogen-bond acceptors (Lipinski definition) is 3. The predicted molar refractivity (Wildman–Crippen MR) is 80.8 cm³/mol. The van der Waals surface area contributed by atoms with Crippen LogP contribution in [0.25, 0.3) is 0 Å². The first-order chi connectivity index (χ1) is 9.61. The summed E-state index contributed by atoms with van der Waals surface area (Å²) in [5.74, 6) is 0.151. The summed E-state index contributed by atoms with van der Waals surface area (Å²) in [4.78, 5) is 11.4. The first-order valence-corrected chi connectivity index (χ1v) is 7.59. The lowest BCUT2D eigenvalue weighted by Crippen LogP contribution is -2.14.